The van der Waals surface area contributed by atoms with Gasteiger partial charge in [0, 0.05) is 65.8 Å². The zero-order valence-corrected chi connectivity index (χ0v) is 36.8. The maximum Gasteiger partial charge on any atom is 0.0803 e. The van der Waals surface area contributed by atoms with E-state index in [0.29, 0.717) is 0 Å². The summed E-state index contributed by atoms with van der Waals surface area (Å²) in [6.45, 7) is 9.57. The number of para-hydroxylation sites is 6. The molecule has 0 aliphatic carbocycles. The Bertz CT molecular complexity index is 3910. The number of hydrogen-bond acceptors (Lipinski definition) is 2. The maximum atomic E-state index is 2.55. The molecule has 0 bridgehead atoms. The molecule has 0 atom stereocenters. The third-order valence-corrected chi connectivity index (χ3v) is 15.6. The number of anilines is 6. The Kier molecular flexibility index (Phi) is 7.56. The Morgan fingerprint density at radius 1 is 0.349 bits per heavy atom. The number of nitrogens with zero attached hydrogens (tertiary/aromatic N) is 4. The van der Waals surface area contributed by atoms with Crippen LogP contribution in [0.3, 0.4) is 0 Å². The van der Waals surface area contributed by atoms with Gasteiger partial charge in [-0.25, -0.2) is 0 Å². The zero-order chi connectivity index (χ0) is 42.1. The summed E-state index contributed by atoms with van der Waals surface area (Å²) in [6.07, 6.45) is 0. The van der Waals surface area contributed by atoms with Gasteiger partial charge in [0.15, 0.2) is 0 Å². The predicted octanol–water partition coefficient (Wildman–Crippen LogP) is 15.8. The lowest BCUT2D eigenvalue weighted by atomic mass is 10.0. The summed E-state index contributed by atoms with van der Waals surface area (Å²) in [5, 5.41) is 11.6. The van der Waals surface area contributed by atoms with Crippen LogP contribution in [0.15, 0.2) is 194 Å². The number of hydrogen-bond donors (Lipinski definition) is 0. The van der Waals surface area contributed by atoms with E-state index in [1.165, 1.54) is 110 Å². The number of aryl methyl sites for hydroxylation is 1. The highest BCUT2D eigenvalue weighted by Crippen LogP contribution is 2.51. The fourth-order valence-electron chi connectivity index (χ4n) is 10.9. The first kappa shape index (κ1) is 36.1. The van der Waals surface area contributed by atoms with Crippen molar-refractivity contribution in [3.8, 4) is 0 Å². The first-order valence-corrected chi connectivity index (χ1v) is 25.5. The molecule has 0 saturated heterocycles. The van der Waals surface area contributed by atoms with Crippen molar-refractivity contribution in [2.45, 2.75) is 26.6 Å². The summed E-state index contributed by atoms with van der Waals surface area (Å²) in [6, 6.07) is 72.1. The SMILES string of the molecule is Cc1ccccc1N(c1ccccc1)c1ccc2c3cc4c(cc3n3c5ccccc5c1c23)c1ccc(N(c2ccccc2)c2ccccc2[Si](C)(C)C)c2c3ccccc3n4c12. The van der Waals surface area contributed by atoms with E-state index < -0.39 is 8.07 Å². The van der Waals surface area contributed by atoms with Crippen LogP contribution in [0.5, 0.6) is 0 Å². The van der Waals surface area contributed by atoms with Gasteiger partial charge < -0.3 is 18.6 Å². The van der Waals surface area contributed by atoms with Gasteiger partial charge in [0.1, 0.15) is 0 Å². The Labute approximate surface area is 366 Å². The Hall–Kier alpha value is -7.60. The maximum absolute atomic E-state index is 2.55. The van der Waals surface area contributed by atoms with E-state index in [9.17, 15) is 0 Å². The van der Waals surface area contributed by atoms with E-state index in [4.69, 9.17) is 0 Å². The van der Waals surface area contributed by atoms with Gasteiger partial charge in [-0.2, -0.15) is 0 Å². The lowest BCUT2D eigenvalue weighted by molar-refractivity contribution is 1.26. The summed E-state index contributed by atoms with van der Waals surface area (Å²) in [5.74, 6) is 0. The van der Waals surface area contributed by atoms with Crippen LogP contribution in [0.2, 0.25) is 19.6 Å². The molecule has 0 amide bonds. The molecule has 4 heterocycles. The van der Waals surface area contributed by atoms with E-state index in [2.05, 4.69) is 239 Å². The van der Waals surface area contributed by atoms with Crippen molar-refractivity contribution < 1.29 is 0 Å². The monoisotopic (exact) mass is 824 g/mol. The minimum atomic E-state index is -1.74. The average Bonchev–Trinajstić information content (AvgIpc) is 4.04. The van der Waals surface area contributed by atoms with Crippen molar-refractivity contribution in [2.75, 3.05) is 9.80 Å². The number of benzene rings is 9. The fourth-order valence-corrected chi connectivity index (χ4v) is 12.5. The van der Waals surface area contributed by atoms with Crippen LogP contribution in [0.4, 0.5) is 34.1 Å². The van der Waals surface area contributed by atoms with Gasteiger partial charge in [0.2, 0.25) is 0 Å². The summed E-state index contributed by atoms with van der Waals surface area (Å²) in [7, 11) is -1.74. The van der Waals surface area contributed by atoms with Gasteiger partial charge in [0.05, 0.1) is 52.5 Å². The van der Waals surface area contributed by atoms with Crippen molar-refractivity contribution in [2.24, 2.45) is 0 Å². The molecule has 5 heteroatoms. The molecule has 13 aromatic rings. The third-order valence-electron chi connectivity index (χ3n) is 13.6. The molecule has 9 aromatic carbocycles. The van der Waals surface area contributed by atoms with Crippen LogP contribution in [0.1, 0.15) is 5.56 Å². The molecular weight excluding hydrogens is 781 g/mol. The molecule has 63 heavy (non-hydrogen) atoms. The number of rotatable bonds is 7. The molecule has 0 aliphatic rings. The molecule has 0 aliphatic heterocycles. The fraction of sp³-hybridized carbons (Fsp3) is 0.0690. The highest BCUT2D eigenvalue weighted by molar-refractivity contribution is 6.89. The smallest absolute Gasteiger partial charge is 0.0803 e. The van der Waals surface area contributed by atoms with Crippen LogP contribution < -0.4 is 15.0 Å². The molecule has 4 nitrogen and oxygen atoms in total. The Balaban J connectivity index is 1.13. The summed E-state index contributed by atoms with van der Waals surface area (Å²) in [4.78, 5) is 4.98. The normalized spacial score (nSPS) is 12.4. The molecule has 4 aromatic heterocycles. The van der Waals surface area contributed by atoms with Crippen LogP contribution in [0.25, 0.3) is 76.2 Å². The lowest BCUT2D eigenvalue weighted by Crippen LogP contribution is -2.40. The quantitative estimate of drug-likeness (QED) is 0.149. The van der Waals surface area contributed by atoms with Gasteiger partial charge in [-0.1, -0.05) is 141 Å². The molecule has 300 valence electrons. The first-order chi connectivity index (χ1) is 30.9. The molecule has 0 N–H and O–H groups in total. The van der Waals surface area contributed by atoms with Crippen molar-refractivity contribution in [3.63, 3.8) is 0 Å². The van der Waals surface area contributed by atoms with Crippen molar-refractivity contribution in [3.05, 3.63) is 200 Å². The van der Waals surface area contributed by atoms with Crippen LogP contribution in [0, 0.1) is 6.92 Å². The van der Waals surface area contributed by atoms with Gasteiger partial charge in [-0.3, -0.25) is 0 Å². The van der Waals surface area contributed by atoms with Gasteiger partial charge >= 0.3 is 0 Å². The molecule has 0 spiro atoms. The molecule has 13 rings (SSSR count). The summed E-state index contributed by atoms with van der Waals surface area (Å²) >= 11 is 0. The summed E-state index contributed by atoms with van der Waals surface area (Å²) in [5.41, 5.74) is 15.8. The second kappa shape index (κ2) is 13.2. The summed E-state index contributed by atoms with van der Waals surface area (Å²) < 4.78 is 5.10. The molecule has 0 fully saturated rings. The zero-order valence-electron chi connectivity index (χ0n) is 35.8. The van der Waals surface area contributed by atoms with Crippen molar-refractivity contribution >= 4 is 124 Å². The second-order valence-electron chi connectivity index (χ2n) is 18.2. The Morgan fingerprint density at radius 2 is 0.778 bits per heavy atom. The molecule has 0 saturated carbocycles. The third kappa shape index (κ3) is 5.02. The van der Waals surface area contributed by atoms with Crippen molar-refractivity contribution in [1.29, 1.82) is 0 Å². The van der Waals surface area contributed by atoms with E-state index in [-0.39, 0.29) is 0 Å². The van der Waals surface area contributed by atoms with Crippen molar-refractivity contribution in [1.82, 2.24) is 8.80 Å². The van der Waals surface area contributed by atoms with Crippen LogP contribution >= 0.6 is 0 Å². The molecular formula is C58H44N4Si. The van der Waals surface area contributed by atoms with E-state index >= 15 is 0 Å². The van der Waals surface area contributed by atoms with Gasteiger partial charge in [-0.05, 0) is 90.5 Å². The van der Waals surface area contributed by atoms with E-state index in [0.717, 1.165) is 11.4 Å². The highest BCUT2D eigenvalue weighted by atomic mass is 28.3. The van der Waals surface area contributed by atoms with Crippen LogP contribution in [-0.4, -0.2) is 16.9 Å². The largest absolute Gasteiger partial charge is 0.310 e. The minimum Gasteiger partial charge on any atom is -0.310 e. The standard InChI is InChI=1S/C58H44N4Si/c1-37-19-11-14-26-46(37)59(38-20-7-5-8-21-38)50-33-31-40-44-35-53-45(36-52(44)61-47-27-15-12-24-42(47)55(50)57(40)61)41-32-34-51(56-43-25-13-16-28-48(43)62(53)58(41)56)60(39-22-9-6-10-23-39)49-29-17-18-30-54(49)63(2,3)4/h5-36H,1-4H3. The highest BCUT2D eigenvalue weighted by Gasteiger charge is 2.30. The average molecular weight is 825 g/mol. The van der Waals surface area contributed by atoms with Crippen LogP contribution in [-0.2, 0) is 0 Å². The molecule has 0 radical (unpaired) electrons. The van der Waals surface area contributed by atoms with Gasteiger partial charge in [-0.15, -0.1) is 0 Å². The predicted molar refractivity (Wildman–Crippen MR) is 273 cm³/mol. The number of aromatic nitrogens is 2. The lowest BCUT2D eigenvalue weighted by Gasteiger charge is -2.31. The van der Waals surface area contributed by atoms with E-state index in [1.54, 1.807) is 0 Å². The van der Waals surface area contributed by atoms with E-state index in [1.807, 2.05) is 0 Å². The first-order valence-electron chi connectivity index (χ1n) is 22.0. The second-order valence-corrected chi connectivity index (χ2v) is 23.2. The topological polar surface area (TPSA) is 15.3 Å². The molecule has 0 unspecified atom stereocenters. The Morgan fingerprint density at radius 3 is 1.29 bits per heavy atom. The van der Waals surface area contributed by atoms with Gasteiger partial charge in [0.25, 0.3) is 0 Å². The minimum absolute atomic E-state index is 1.14. The number of fused-ring (bicyclic) bond motifs is 12.